The van der Waals surface area contributed by atoms with Gasteiger partial charge in [-0.05, 0) is 46.2 Å². The van der Waals surface area contributed by atoms with Gasteiger partial charge in [0.15, 0.2) is 0 Å². The summed E-state index contributed by atoms with van der Waals surface area (Å²) in [6.07, 6.45) is 1.74. The van der Waals surface area contributed by atoms with E-state index in [4.69, 9.17) is 10.5 Å². The Hall–Kier alpha value is -1.29. The standard InChI is InChI=1S/C14H23N3O/c1-10-6-12(16-7-11(10)15)17-8-13(2,3)18-14(4,5)9-17/h6-7H,8-9,15H2,1-5H3. The third-order valence-corrected chi connectivity index (χ3v) is 3.16. The molecule has 0 aliphatic carbocycles. The molecular formula is C14H23N3O. The summed E-state index contributed by atoms with van der Waals surface area (Å²) in [7, 11) is 0. The smallest absolute Gasteiger partial charge is 0.129 e. The average Bonchev–Trinajstić information content (AvgIpc) is 2.17. The van der Waals surface area contributed by atoms with E-state index in [1.165, 1.54) is 0 Å². The number of hydrogen-bond donors (Lipinski definition) is 1. The Balaban J connectivity index is 2.29. The van der Waals surface area contributed by atoms with Crippen LogP contribution in [0, 0.1) is 6.92 Å². The minimum atomic E-state index is -0.168. The topological polar surface area (TPSA) is 51.4 Å². The summed E-state index contributed by atoms with van der Waals surface area (Å²) in [6, 6.07) is 2.05. The van der Waals surface area contributed by atoms with E-state index in [0.29, 0.717) is 0 Å². The molecule has 4 heteroatoms. The van der Waals surface area contributed by atoms with Crippen LogP contribution in [0.1, 0.15) is 33.3 Å². The summed E-state index contributed by atoms with van der Waals surface area (Å²) in [5, 5.41) is 0. The van der Waals surface area contributed by atoms with Crippen molar-refractivity contribution in [2.45, 2.75) is 45.8 Å². The lowest BCUT2D eigenvalue weighted by Crippen LogP contribution is -2.57. The molecule has 0 spiro atoms. The van der Waals surface area contributed by atoms with Gasteiger partial charge in [-0.2, -0.15) is 0 Å². The lowest BCUT2D eigenvalue weighted by atomic mass is 9.99. The van der Waals surface area contributed by atoms with Crippen LogP contribution in [0.5, 0.6) is 0 Å². The van der Waals surface area contributed by atoms with E-state index >= 15 is 0 Å². The number of nitrogens with two attached hydrogens (primary N) is 1. The van der Waals surface area contributed by atoms with E-state index in [1.54, 1.807) is 6.20 Å². The Morgan fingerprint density at radius 3 is 2.28 bits per heavy atom. The molecule has 0 saturated carbocycles. The van der Waals surface area contributed by atoms with Gasteiger partial charge in [-0.3, -0.25) is 0 Å². The summed E-state index contributed by atoms with van der Waals surface area (Å²) in [4.78, 5) is 6.71. The fourth-order valence-electron chi connectivity index (χ4n) is 2.67. The largest absolute Gasteiger partial charge is 0.397 e. The zero-order valence-electron chi connectivity index (χ0n) is 11.9. The highest BCUT2D eigenvalue weighted by Gasteiger charge is 2.38. The summed E-state index contributed by atoms with van der Waals surface area (Å²) in [5.74, 6) is 0.978. The zero-order valence-corrected chi connectivity index (χ0v) is 11.9. The van der Waals surface area contributed by atoms with Crippen molar-refractivity contribution in [2.24, 2.45) is 0 Å². The Morgan fingerprint density at radius 1 is 1.22 bits per heavy atom. The van der Waals surface area contributed by atoms with E-state index in [9.17, 15) is 0 Å². The summed E-state index contributed by atoms with van der Waals surface area (Å²) in [5.41, 5.74) is 7.30. The first-order valence-corrected chi connectivity index (χ1v) is 6.36. The van der Waals surface area contributed by atoms with Gasteiger partial charge >= 0.3 is 0 Å². The maximum Gasteiger partial charge on any atom is 0.129 e. The molecule has 1 aliphatic rings. The van der Waals surface area contributed by atoms with Gasteiger partial charge in [0, 0.05) is 13.1 Å². The van der Waals surface area contributed by atoms with E-state index in [-0.39, 0.29) is 11.2 Å². The first-order valence-electron chi connectivity index (χ1n) is 6.36. The van der Waals surface area contributed by atoms with Gasteiger partial charge in [0.05, 0.1) is 23.1 Å². The molecule has 1 fully saturated rings. The predicted molar refractivity (Wildman–Crippen MR) is 74.8 cm³/mol. The number of morpholine rings is 1. The molecule has 100 valence electrons. The SMILES string of the molecule is Cc1cc(N2CC(C)(C)OC(C)(C)C2)ncc1N. The molecule has 2 rings (SSSR count). The van der Waals surface area contributed by atoms with Crippen LogP contribution in [0.3, 0.4) is 0 Å². The Kier molecular flexibility index (Phi) is 3.01. The molecule has 1 saturated heterocycles. The molecule has 4 nitrogen and oxygen atoms in total. The highest BCUT2D eigenvalue weighted by molar-refractivity contribution is 5.52. The van der Waals surface area contributed by atoms with Crippen LogP contribution >= 0.6 is 0 Å². The molecule has 0 bridgehead atoms. The van der Waals surface area contributed by atoms with Crippen molar-refractivity contribution in [3.8, 4) is 0 Å². The zero-order chi connectivity index (χ0) is 13.6. The van der Waals surface area contributed by atoms with Gasteiger partial charge in [0.2, 0.25) is 0 Å². The normalized spacial score (nSPS) is 21.9. The minimum absolute atomic E-state index is 0.168. The monoisotopic (exact) mass is 249 g/mol. The average molecular weight is 249 g/mol. The van der Waals surface area contributed by atoms with Crippen LogP contribution in [0.15, 0.2) is 12.3 Å². The number of ether oxygens (including phenoxy) is 1. The molecule has 0 amide bonds. The predicted octanol–water partition coefficient (Wildman–Crippen LogP) is 2.37. The van der Waals surface area contributed by atoms with Gasteiger partial charge in [-0.15, -0.1) is 0 Å². The second-order valence-corrected chi connectivity index (χ2v) is 6.38. The fourth-order valence-corrected chi connectivity index (χ4v) is 2.67. The first kappa shape index (κ1) is 13.1. The number of pyridine rings is 1. The molecule has 1 aliphatic heterocycles. The number of anilines is 2. The lowest BCUT2D eigenvalue weighted by molar-refractivity contribution is -0.133. The molecule has 0 unspecified atom stereocenters. The van der Waals surface area contributed by atoms with Crippen molar-refractivity contribution in [3.63, 3.8) is 0 Å². The third-order valence-electron chi connectivity index (χ3n) is 3.16. The number of aryl methyl sites for hydroxylation is 1. The van der Waals surface area contributed by atoms with Gasteiger partial charge in [0.25, 0.3) is 0 Å². The molecule has 1 aromatic rings. The molecule has 2 heterocycles. The van der Waals surface area contributed by atoms with Crippen LogP contribution in [0.2, 0.25) is 0 Å². The van der Waals surface area contributed by atoms with E-state index in [2.05, 4.69) is 37.6 Å². The first-order chi connectivity index (χ1) is 8.19. The molecule has 2 N–H and O–H groups in total. The number of nitrogens with zero attached hydrogens (tertiary/aromatic N) is 2. The van der Waals surface area contributed by atoms with Crippen molar-refractivity contribution in [1.29, 1.82) is 0 Å². The molecule has 0 aromatic carbocycles. The van der Waals surface area contributed by atoms with Gasteiger partial charge in [0.1, 0.15) is 5.82 Å². The van der Waals surface area contributed by atoms with Crippen molar-refractivity contribution in [2.75, 3.05) is 23.7 Å². The van der Waals surface area contributed by atoms with Crippen LogP contribution < -0.4 is 10.6 Å². The van der Waals surface area contributed by atoms with Crippen molar-refractivity contribution in [1.82, 2.24) is 4.98 Å². The van der Waals surface area contributed by atoms with Gasteiger partial charge < -0.3 is 15.4 Å². The maximum atomic E-state index is 6.07. The van der Waals surface area contributed by atoms with Gasteiger partial charge in [-0.1, -0.05) is 0 Å². The van der Waals surface area contributed by atoms with Crippen molar-refractivity contribution < 1.29 is 4.74 Å². The van der Waals surface area contributed by atoms with E-state index < -0.39 is 0 Å². The second-order valence-electron chi connectivity index (χ2n) is 6.38. The van der Waals surface area contributed by atoms with E-state index in [1.807, 2.05) is 13.0 Å². The second kappa shape index (κ2) is 4.12. The van der Waals surface area contributed by atoms with Crippen molar-refractivity contribution in [3.05, 3.63) is 17.8 Å². The molecular weight excluding hydrogens is 226 g/mol. The molecule has 0 radical (unpaired) electrons. The van der Waals surface area contributed by atoms with Gasteiger partial charge in [-0.25, -0.2) is 4.98 Å². The van der Waals surface area contributed by atoms with Crippen LogP contribution in [-0.4, -0.2) is 29.3 Å². The summed E-state index contributed by atoms with van der Waals surface area (Å²) in [6.45, 7) is 12.2. The quantitative estimate of drug-likeness (QED) is 0.830. The van der Waals surface area contributed by atoms with E-state index in [0.717, 1.165) is 30.2 Å². The third kappa shape index (κ3) is 2.75. The van der Waals surface area contributed by atoms with Crippen LogP contribution in [0.4, 0.5) is 11.5 Å². The maximum absolute atomic E-state index is 6.07. The Morgan fingerprint density at radius 2 is 1.78 bits per heavy atom. The fraction of sp³-hybridized carbons (Fsp3) is 0.643. The van der Waals surface area contributed by atoms with Crippen LogP contribution in [-0.2, 0) is 4.74 Å². The number of nitrogen functional groups attached to an aromatic ring is 1. The lowest BCUT2D eigenvalue weighted by Gasteiger charge is -2.47. The van der Waals surface area contributed by atoms with Crippen LogP contribution in [0.25, 0.3) is 0 Å². The summed E-state index contributed by atoms with van der Waals surface area (Å²) < 4.78 is 6.07. The number of hydrogen-bond acceptors (Lipinski definition) is 4. The highest BCUT2D eigenvalue weighted by Crippen LogP contribution is 2.31. The molecule has 1 aromatic heterocycles. The molecule has 18 heavy (non-hydrogen) atoms. The minimum Gasteiger partial charge on any atom is -0.397 e. The Bertz CT molecular complexity index is 438. The summed E-state index contributed by atoms with van der Waals surface area (Å²) >= 11 is 0. The Labute approximate surface area is 109 Å². The molecule has 0 atom stereocenters. The number of rotatable bonds is 1. The highest BCUT2D eigenvalue weighted by atomic mass is 16.5. The van der Waals surface area contributed by atoms with Crippen molar-refractivity contribution >= 4 is 11.5 Å². The number of aromatic nitrogens is 1.